The first-order valence-corrected chi connectivity index (χ1v) is 10.8. The van der Waals surface area contributed by atoms with Gasteiger partial charge in [0, 0.05) is 17.0 Å². The van der Waals surface area contributed by atoms with Crippen molar-refractivity contribution in [2.45, 2.75) is 44.7 Å². The lowest BCUT2D eigenvalue weighted by Gasteiger charge is -2.51. The molecule has 1 aliphatic heterocycles. The van der Waals surface area contributed by atoms with Crippen LogP contribution in [0.15, 0.2) is 65.1 Å². The zero-order valence-electron chi connectivity index (χ0n) is 17.5. The van der Waals surface area contributed by atoms with Crippen LogP contribution in [-0.2, 0) is 9.67 Å². The number of thioether (sulfide) groups is 1. The predicted molar refractivity (Wildman–Crippen MR) is 118 cm³/mol. The Labute approximate surface area is 183 Å². The number of anilines is 1. The monoisotopic (exact) mass is 444 g/mol. The molecule has 1 atom stereocenters. The highest BCUT2D eigenvalue weighted by molar-refractivity contribution is 8.04. The minimum absolute atomic E-state index is 0.0339. The average Bonchev–Trinajstić information content (AvgIpc) is 2.66. The average molecular weight is 445 g/mol. The topological polar surface area (TPSA) is 44.2 Å². The molecule has 2 aromatic carbocycles. The van der Waals surface area contributed by atoms with Gasteiger partial charge in [-0.1, -0.05) is 73.6 Å². The number of carbonyl (C=O) groups is 1. The van der Waals surface area contributed by atoms with E-state index in [0.717, 1.165) is 10.5 Å². The summed E-state index contributed by atoms with van der Waals surface area (Å²) in [4.78, 5) is 11.7. The number of aryl methyl sites for hydroxylation is 1. The number of halogens is 3. The van der Waals surface area contributed by atoms with Crippen molar-refractivity contribution < 1.29 is 18.0 Å². The highest BCUT2D eigenvalue weighted by Crippen LogP contribution is 2.61. The van der Waals surface area contributed by atoms with Gasteiger partial charge in [0.25, 0.3) is 0 Å². The van der Waals surface area contributed by atoms with E-state index in [4.69, 9.17) is 5.41 Å². The summed E-state index contributed by atoms with van der Waals surface area (Å²) in [5, 5.41) is 8.83. The second-order valence-electron chi connectivity index (χ2n) is 8.87. The summed E-state index contributed by atoms with van der Waals surface area (Å²) >= 11 is 0.660. The molecule has 0 bridgehead atoms. The molecule has 0 amide bonds. The molecule has 31 heavy (non-hydrogen) atoms. The first-order valence-electron chi connectivity index (χ1n) is 10.00. The molecule has 0 saturated heterocycles. The Morgan fingerprint density at radius 3 is 2.19 bits per heavy atom. The lowest BCUT2D eigenvalue weighted by Crippen LogP contribution is -2.60. The number of rotatable bonds is 2. The number of hydrogen-bond donors (Lipinski definition) is 1. The van der Waals surface area contributed by atoms with Gasteiger partial charge >= 0.3 is 6.18 Å². The Balaban J connectivity index is 2.04. The molecule has 0 fully saturated rings. The maximum absolute atomic E-state index is 15.1. The molecule has 0 aromatic heterocycles. The normalized spacial score (nSPS) is 23.7. The van der Waals surface area contributed by atoms with Gasteiger partial charge in [0.15, 0.2) is 5.78 Å². The van der Waals surface area contributed by atoms with E-state index in [1.807, 2.05) is 20.8 Å². The quantitative estimate of drug-likeness (QED) is 0.569. The van der Waals surface area contributed by atoms with E-state index in [-0.39, 0.29) is 29.0 Å². The first-order chi connectivity index (χ1) is 14.5. The van der Waals surface area contributed by atoms with Crippen molar-refractivity contribution in [3.63, 3.8) is 0 Å². The lowest BCUT2D eigenvalue weighted by atomic mass is 9.76. The van der Waals surface area contributed by atoms with Gasteiger partial charge in [-0.15, -0.1) is 0 Å². The van der Waals surface area contributed by atoms with Gasteiger partial charge in [-0.05, 0) is 36.5 Å². The first kappa shape index (κ1) is 21.7. The van der Waals surface area contributed by atoms with Crippen LogP contribution in [0.5, 0.6) is 0 Å². The van der Waals surface area contributed by atoms with Crippen LogP contribution >= 0.6 is 11.8 Å². The number of nitrogens with zero attached hydrogens (tertiary/aromatic N) is 1. The number of para-hydroxylation sites is 1. The molecule has 0 saturated carbocycles. The molecule has 1 heterocycles. The van der Waals surface area contributed by atoms with Gasteiger partial charge in [0.1, 0.15) is 5.84 Å². The van der Waals surface area contributed by atoms with Crippen molar-refractivity contribution in [3.8, 4) is 0 Å². The zero-order valence-corrected chi connectivity index (χ0v) is 18.3. The molecular formula is C24H23F3N2OS. The molecule has 0 radical (unpaired) electrons. The summed E-state index contributed by atoms with van der Waals surface area (Å²) in [7, 11) is 0. The molecule has 1 aliphatic carbocycles. The van der Waals surface area contributed by atoms with Gasteiger partial charge in [0.05, 0.1) is 5.57 Å². The Kier molecular flexibility index (Phi) is 5.08. The van der Waals surface area contributed by atoms with Crippen LogP contribution in [0, 0.1) is 17.7 Å². The number of amidine groups is 1. The fraction of sp³-hybridized carbons (Fsp3) is 0.333. The summed E-state index contributed by atoms with van der Waals surface area (Å²) in [6, 6.07) is 14.3. The SMILES string of the molecule is Cc1ccc(C2(C(F)(F)F)SC3=C(C(=N)N2c2ccccc2)C(=O)CC(C)(C)C3)cc1. The van der Waals surface area contributed by atoms with Crippen LogP contribution in [0.25, 0.3) is 0 Å². The summed E-state index contributed by atoms with van der Waals surface area (Å²) in [6.45, 7) is 5.57. The summed E-state index contributed by atoms with van der Waals surface area (Å²) in [6.07, 6.45) is -4.19. The fourth-order valence-electron chi connectivity index (χ4n) is 4.31. The second-order valence-corrected chi connectivity index (χ2v) is 10.2. The fourth-order valence-corrected chi connectivity index (χ4v) is 6.10. The highest BCUT2D eigenvalue weighted by atomic mass is 32.2. The largest absolute Gasteiger partial charge is 0.426 e. The minimum atomic E-state index is -4.72. The summed E-state index contributed by atoms with van der Waals surface area (Å²) in [5.74, 6) is -0.664. The van der Waals surface area contributed by atoms with E-state index < -0.39 is 22.3 Å². The molecule has 2 aromatic rings. The van der Waals surface area contributed by atoms with E-state index in [1.54, 1.807) is 42.5 Å². The standard InChI is InChI=1S/C24H23F3N2OS/c1-15-9-11-16(12-10-15)23(24(25,26)27)29(17-7-5-4-6-8-17)21(28)20-18(30)13-22(2,3)14-19(20)31-23/h4-12,28H,13-14H2,1-3H3. The van der Waals surface area contributed by atoms with E-state index in [9.17, 15) is 4.79 Å². The molecule has 0 spiro atoms. The van der Waals surface area contributed by atoms with E-state index in [1.165, 1.54) is 12.1 Å². The van der Waals surface area contributed by atoms with E-state index in [0.29, 0.717) is 23.1 Å². The molecule has 3 nitrogen and oxygen atoms in total. The molecular weight excluding hydrogens is 421 g/mol. The van der Waals surface area contributed by atoms with Gasteiger partial charge in [-0.3, -0.25) is 15.1 Å². The number of Topliss-reactive ketones (excluding diaryl/α,β-unsaturated/α-hetero) is 1. The number of allylic oxidation sites excluding steroid dienone is 1. The van der Waals surface area contributed by atoms with Crippen LogP contribution in [0.3, 0.4) is 0 Å². The van der Waals surface area contributed by atoms with Crippen LogP contribution < -0.4 is 4.90 Å². The molecule has 4 rings (SSSR count). The third-order valence-electron chi connectivity index (χ3n) is 5.72. The highest BCUT2D eigenvalue weighted by Gasteiger charge is 2.65. The Hall–Kier alpha value is -2.54. The molecule has 1 N–H and O–H groups in total. The Bertz CT molecular complexity index is 1070. The zero-order chi connectivity index (χ0) is 22.6. The minimum Gasteiger partial charge on any atom is -0.298 e. The van der Waals surface area contributed by atoms with Gasteiger partial charge in [-0.25, -0.2) is 0 Å². The van der Waals surface area contributed by atoms with Gasteiger partial charge < -0.3 is 0 Å². The summed E-state index contributed by atoms with van der Waals surface area (Å²) in [5.41, 5.74) is 0.758. The Morgan fingerprint density at radius 2 is 1.61 bits per heavy atom. The van der Waals surface area contributed by atoms with Crippen molar-refractivity contribution in [1.82, 2.24) is 0 Å². The molecule has 162 valence electrons. The smallest absolute Gasteiger partial charge is 0.298 e. The van der Waals surface area contributed by atoms with Crippen molar-refractivity contribution in [1.29, 1.82) is 5.41 Å². The molecule has 7 heteroatoms. The molecule has 2 aliphatic rings. The van der Waals surface area contributed by atoms with Crippen molar-refractivity contribution >= 4 is 29.1 Å². The van der Waals surface area contributed by atoms with Crippen molar-refractivity contribution in [3.05, 3.63) is 76.2 Å². The number of benzene rings is 2. The van der Waals surface area contributed by atoms with Gasteiger partial charge in [-0.2, -0.15) is 13.2 Å². The number of carbonyl (C=O) groups excluding carboxylic acids is 1. The third-order valence-corrected chi connectivity index (χ3v) is 7.26. The van der Waals surface area contributed by atoms with Crippen LogP contribution in [0.2, 0.25) is 0 Å². The second kappa shape index (κ2) is 7.26. The van der Waals surface area contributed by atoms with E-state index in [2.05, 4.69) is 0 Å². The van der Waals surface area contributed by atoms with Gasteiger partial charge in [0.2, 0.25) is 4.87 Å². The third kappa shape index (κ3) is 3.49. The number of alkyl halides is 3. The lowest BCUT2D eigenvalue weighted by molar-refractivity contribution is -0.159. The van der Waals surface area contributed by atoms with Crippen LogP contribution in [0.1, 0.15) is 37.8 Å². The van der Waals surface area contributed by atoms with Crippen LogP contribution in [-0.4, -0.2) is 17.8 Å². The number of ketones is 1. The van der Waals surface area contributed by atoms with Crippen molar-refractivity contribution in [2.75, 3.05) is 4.90 Å². The predicted octanol–water partition coefficient (Wildman–Crippen LogP) is 6.58. The van der Waals surface area contributed by atoms with E-state index >= 15 is 13.2 Å². The number of hydrogen-bond acceptors (Lipinski definition) is 3. The maximum Gasteiger partial charge on any atom is 0.426 e. The number of nitrogens with one attached hydrogen (secondary N) is 1. The Morgan fingerprint density at radius 1 is 1.00 bits per heavy atom. The van der Waals surface area contributed by atoms with Crippen LogP contribution in [0.4, 0.5) is 18.9 Å². The van der Waals surface area contributed by atoms with Crippen molar-refractivity contribution in [2.24, 2.45) is 5.41 Å². The summed E-state index contributed by atoms with van der Waals surface area (Å²) < 4.78 is 45.2. The maximum atomic E-state index is 15.1. The molecule has 1 unspecified atom stereocenters.